The van der Waals surface area contributed by atoms with E-state index in [4.69, 9.17) is 5.11 Å². The first kappa shape index (κ1) is 20.8. The number of hydrogen-bond acceptors (Lipinski definition) is 4. The number of amides is 3. The summed E-state index contributed by atoms with van der Waals surface area (Å²) in [6.07, 6.45) is -0.370. The zero-order valence-electron chi connectivity index (χ0n) is 11.9. The number of carboxylic acid groups (broad SMARTS) is 1. The lowest BCUT2D eigenvalue weighted by molar-refractivity contribution is -0.140. The number of hydrogen-bond donors (Lipinski definition) is 3. The van der Waals surface area contributed by atoms with Gasteiger partial charge in [0.25, 0.3) is 0 Å². The quantitative estimate of drug-likeness (QED) is 0.378. The molecule has 0 aromatic carbocycles. The number of halogens is 2. The second-order valence-corrected chi connectivity index (χ2v) is 5.36. The fourth-order valence-corrected chi connectivity index (χ4v) is 1.88. The first-order valence-corrected chi connectivity index (χ1v) is 8.79. The summed E-state index contributed by atoms with van der Waals surface area (Å²) in [5.74, 6) is -1.78. The minimum Gasteiger partial charge on any atom is -0.481 e. The van der Waals surface area contributed by atoms with Gasteiger partial charge in [-0.25, -0.2) is 0 Å². The van der Waals surface area contributed by atoms with Crippen LogP contribution in [0.1, 0.15) is 12.8 Å². The summed E-state index contributed by atoms with van der Waals surface area (Å²) in [7, 11) is 0. The molecule has 8 nitrogen and oxygen atoms in total. The normalized spacial score (nSPS) is 9.91. The van der Waals surface area contributed by atoms with Crippen LogP contribution in [0.25, 0.3) is 0 Å². The van der Waals surface area contributed by atoms with Gasteiger partial charge in [-0.2, -0.15) is 0 Å². The van der Waals surface area contributed by atoms with Gasteiger partial charge in [-0.05, 0) is 0 Å². The zero-order valence-corrected chi connectivity index (χ0v) is 15.1. The summed E-state index contributed by atoms with van der Waals surface area (Å²) in [4.78, 5) is 46.1. The maximum Gasteiger partial charge on any atom is 0.303 e. The highest BCUT2D eigenvalue weighted by Crippen LogP contribution is 1.98. The van der Waals surface area contributed by atoms with E-state index < -0.39 is 5.97 Å². The highest BCUT2D eigenvalue weighted by Gasteiger charge is 2.15. The fourth-order valence-electron chi connectivity index (χ4n) is 1.49. The summed E-state index contributed by atoms with van der Waals surface area (Å²) >= 11 is 6.02. The average Bonchev–Trinajstić information content (AvgIpc) is 2.50. The Labute approximate surface area is 145 Å². The van der Waals surface area contributed by atoms with Crippen molar-refractivity contribution < 1.29 is 24.3 Å². The van der Waals surface area contributed by atoms with Gasteiger partial charge < -0.3 is 20.6 Å². The Morgan fingerprint density at radius 2 is 1.32 bits per heavy atom. The van der Waals surface area contributed by atoms with E-state index in [0.717, 1.165) is 0 Å². The molecule has 0 aliphatic rings. The molecule has 0 saturated heterocycles. The molecule has 0 radical (unpaired) electrons. The molecule has 0 saturated carbocycles. The summed E-state index contributed by atoms with van der Waals surface area (Å²) in [6.45, 7) is 1.02. The van der Waals surface area contributed by atoms with Crippen LogP contribution < -0.4 is 10.6 Å². The van der Waals surface area contributed by atoms with Gasteiger partial charge >= 0.3 is 5.97 Å². The van der Waals surface area contributed by atoms with E-state index in [1.54, 1.807) is 0 Å². The molecule has 0 spiro atoms. The van der Waals surface area contributed by atoms with Gasteiger partial charge in [-0.3, -0.25) is 19.2 Å². The van der Waals surface area contributed by atoms with E-state index in [9.17, 15) is 19.2 Å². The average molecular weight is 445 g/mol. The van der Waals surface area contributed by atoms with Crippen molar-refractivity contribution in [1.82, 2.24) is 15.5 Å². The number of aliphatic carboxylic acids is 1. The molecule has 22 heavy (non-hydrogen) atoms. The zero-order chi connectivity index (χ0) is 17.0. The predicted molar refractivity (Wildman–Crippen MR) is 87.1 cm³/mol. The minimum absolute atomic E-state index is 0.117. The predicted octanol–water partition coefficient (Wildman–Crippen LogP) is -0.298. The Balaban J connectivity index is 4.34. The van der Waals surface area contributed by atoms with Crippen molar-refractivity contribution in [3.63, 3.8) is 0 Å². The van der Waals surface area contributed by atoms with Crippen LogP contribution in [-0.2, 0) is 19.2 Å². The molecule has 0 aromatic heterocycles. The molecule has 0 rings (SSSR count). The first-order valence-electron chi connectivity index (χ1n) is 6.55. The van der Waals surface area contributed by atoms with E-state index in [1.807, 2.05) is 0 Å². The van der Waals surface area contributed by atoms with E-state index in [1.165, 1.54) is 4.90 Å². The molecule has 0 unspecified atom stereocenters. The number of carbonyl (C=O) groups is 4. The lowest BCUT2D eigenvalue weighted by Gasteiger charge is -2.23. The summed E-state index contributed by atoms with van der Waals surface area (Å²) in [6, 6.07) is 0. The molecule has 3 amide bonds. The second-order valence-electron chi connectivity index (χ2n) is 4.24. The summed E-state index contributed by atoms with van der Waals surface area (Å²) < 4.78 is 0. The van der Waals surface area contributed by atoms with E-state index in [0.29, 0.717) is 0 Å². The van der Waals surface area contributed by atoms with E-state index in [-0.39, 0.29) is 67.4 Å². The Hall–Kier alpha value is -1.16. The highest BCUT2D eigenvalue weighted by molar-refractivity contribution is 9.09. The lowest BCUT2D eigenvalue weighted by Crippen LogP contribution is -2.43. The van der Waals surface area contributed by atoms with Crippen molar-refractivity contribution in [3.05, 3.63) is 0 Å². The topological polar surface area (TPSA) is 116 Å². The molecule has 0 aliphatic carbocycles. The first-order chi connectivity index (χ1) is 10.4. The molecule has 3 N–H and O–H groups in total. The van der Waals surface area contributed by atoms with Crippen LogP contribution in [0.4, 0.5) is 0 Å². The third kappa shape index (κ3) is 10.6. The van der Waals surface area contributed by atoms with Crippen LogP contribution in [0.5, 0.6) is 0 Å². The van der Waals surface area contributed by atoms with Crippen molar-refractivity contribution in [1.29, 1.82) is 0 Å². The van der Waals surface area contributed by atoms with Crippen LogP contribution in [0.15, 0.2) is 0 Å². The largest absolute Gasteiger partial charge is 0.481 e. The van der Waals surface area contributed by atoms with Gasteiger partial charge in [0.1, 0.15) is 0 Å². The Morgan fingerprint density at radius 3 is 1.68 bits per heavy atom. The molecule has 126 valence electrons. The molecular weight excluding hydrogens is 426 g/mol. The van der Waals surface area contributed by atoms with Crippen LogP contribution in [0, 0.1) is 0 Å². The SMILES string of the molecule is O=C(O)CCC(=O)N(CCNC(=O)CBr)CCNC(=O)CBr. The van der Waals surface area contributed by atoms with Gasteiger partial charge in [0.05, 0.1) is 17.1 Å². The van der Waals surface area contributed by atoms with E-state index >= 15 is 0 Å². The van der Waals surface area contributed by atoms with Gasteiger partial charge in [0.2, 0.25) is 17.7 Å². The molecular formula is C12H19Br2N3O5. The van der Waals surface area contributed by atoms with Crippen molar-refractivity contribution >= 4 is 55.6 Å². The Kier molecular flexibility index (Phi) is 11.7. The number of carboxylic acids is 1. The monoisotopic (exact) mass is 443 g/mol. The molecule has 0 bridgehead atoms. The number of alkyl halides is 2. The van der Waals surface area contributed by atoms with Crippen LogP contribution in [-0.4, -0.2) is 70.5 Å². The number of rotatable bonds is 11. The minimum atomic E-state index is -1.05. The molecule has 0 fully saturated rings. The summed E-state index contributed by atoms with van der Waals surface area (Å²) in [5.41, 5.74) is 0. The maximum atomic E-state index is 12.0. The van der Waals surface area contributed by atoms with Gasteiger partial charge in [-0.1, -0.05) is 31.9 Å². The van der Waals surface area contributed by atoms with Gasteiger partial charge in [0.15, 0.2) is 0 Å². The second kappa shape index (κ2) is 12.4. The maximum absolute atomic E-state index is 12.0. The van der Waals surface area contributed by atoms with Gasteiger partial charge in [0, 0.05) is 32.6 Å². The van der Waals surface area contributed by atoms with Crippen molar-refractivity contribution in [3.8, 4) is 0 Å². The summed E-state index contributed by atoms with van der Waals surface area (Å²) in [5, 5.41) is 14.2. The fraction of sp³-hybridized carbons (Fsp3) is 0.667. The third-order valence-corrected chi connectivity index (χ3v) is 3.57. The van der Waals surface area contributed by atoms with Crippen molar-refractivity contribution in [2.45, 2.75) is 12.8 Å². The smallest absolute Gasteiger partial charge is 0.303 e. The highest BCUT2D eigenvalue weighted by atomic mass is 79.9. The van der Waals surface area contributed by atoms with Crippen LogP contribution in [0.3, 0.4) is 0 Å². The van der Waals surface area contributed by atoms with Crippen LogP contribution in [0.2, 0.25) is 0 Å². The van der Waals surface area contributed by atoms with Crippen molar-refractivity contribution in [2.75, 3.05) is 36.8 Å². The van der Waals surface area contributed by atoms with Crippen molar-refractivity contribution in [2.24, 2.45) is 0 Å². The third-order valence-electron chi connectivity index (χ3n) is 2.56. The number of nitrogens with one attached hydrogen (secondary N) is 2. The molecule has 10 heteroatoms. The van der Waals surface area contributed by atoms with E-state index in [2.05, 4.69) is 42.5 Å². The number of carbonyl (C=O) groups excluding carboxylic acids is 3. The number of nitrogens with zero attached hydrogens (tertiary/aromatic N) is 1. The lowest BCUT2D eigenvalue weighted by atomic mass is 10.2. The van der Waals surface area contributed by atoms with Gasteiger partial charge in [-0.15, -0.1) is 0 Å². The standard InChI is InChI=1S/C12H19Br2N3O5/c13-7-9(18)15-3-5-17(6-4-16-10(19)8-14)11(20)1-2-12(21)22/h1-8H2,(H,15,18)(H,16,19)(H,21,22). The van der Waals surface area contributed by atoms with Crippen LogP contribution >= 0.6 is 31.9 Å². The molecule has 0 aromatic rings. The Bertz CT molecular complexity index is 384. The molecule has 0 aliphatic heterocycles. The Morgan fingerprint density at radius 1 is 0.864 bits per heavy atom. The molecule has 0 heterocycles. The molecule has 0 atom stereocenters.